The van der Waals surface area contributed by atoms with Gasteiger partial charge in [-0.05, 0) is 12.8 Å². The molecule has 0 aromatic rings. The van der Waals surface area contributed by atoms with Gasteiger partial charge in [-0.2, -0.15) is 0 Å². The Morgan fingerprint density at radius 3 is 2.44 bits per heavy atom. The van der Waals surface area contributed by atoms with E-state index in [4.69, 9.17) is 24.1 Å². The molecule has 9 nitrogen and oxygen atoms in total. The van der Waals surface area contributed by atoms with Crippen LogP contribution in [0.4, 0.5) is 0 Å². The summed E-state index contributed by atoms with van der Waals surface area (Å²) in [5.74, 6) is -5.13. The molecular formula is C16H22O9. The van der Waals surface area contributed by atoms with E-state index in [0.717, 1.165) is 6.08 Å². The lowest BCUT2D eigenvalue weighted by Gasteiger charge is -2.41. The first-order valence-corrected chi connectivity index (χ1v) is 7.96. The molecule has 140 valence electrons. The molecule has 0 saturated carbocycles. The number of hydrogen-bond donors (Lipinski definition) is 1. The highest BCUT2D eigenvalue weighted by Gasteiger charge is 2.49. The van der Waals surface area contributed by atoms with E-state index in [0.29, 0.717) is 18.9 Å². The van der Waals surface area contributed by atoms with E-state index in [9.17, 15) is 19.2 Å². The zero-order valence-corrected chi connectivity index (χ0v) is 14.2. The molecule has 0 aromatic heterocycles. The quantitative estimate of drug-likeness (QED) is 0.383. The van der Waals surface area contributed by atoms with Crippen molar-refractivity contribution in [2.45, 2.75) is 51.4 Å². The second-order valence-electron chi connectivity index (χ2n) is 5.24. The number of carbonyl (C=O) groups excluding carboxylic acids is 3. The molecule has 1 rings (SSSR count). The molecule has 1 fully saturated rings. The fourth-order valence-corrected chi connectivity index (χ4v) is 2.10. The molecule has 0 spiro atoms. The molecule has 0 amide bonds. The summed E-state index contributed by atoms with van der Waals surface area (Å²) < 4.78 is 21.1. The van der Waals surface area contributed by atoms with Gasteiger partial charge in [-0.1, -0.05) is 13.8 Å². The predicted octanol–water partition coefficient (Wildman–Crippen LogP) is 0.952. The topological polar surface area (TPSA) is 125 Å². The van der Waals surface area contributed by atoms with E-state index in [1.165, 1.54) is 0 Å². The molecule has 2 unspecified atom stereocenters. The molecule has 2 atom stereocenters. The molecule has 1 aliphatic heterocycles. The number of carboxylic acids is 1. The molecule has 0 aliphatic carbocycles. The van der Waals surface area contributed by atoms with Crippen molar-refractivity contribution in [1.82, 2.24) is 0 Å². The molecule has 25 heavy (non-hydrogen) atoms. The van der Waals surface area contributed by atoms with E-state index >= 15 is 0 Å². The monoisotopic (exact) mass is 358 g/mol. The van der Waals surface area contributed by atoms with Gasteiger partial charge < -0.3 is 24.1 Å². The summed E-state index contributed by atoms with van der Waals surface area (Å²) in [7, 11) is 0. The lowest BCUT2D eigenvalue weighted by atomic mass is 10.0. The summed E-state index contributed by atoms with van der Waals surface area (Å²) >= 11 is 0. The van der Waals surface area contributed by atoms with Crippen LogP contribution in [-0.2, 0) is 38.1 Å². The second kappa shape index (κ2) is 9.77. The number of rotatable bonds is 8. The highest BCUT2D eigenvalue weighted by atomic mass is 16.8. The third kappa shape index (κ3) is 6.54. The van der Waals surface area contributed by atoms with Gasteiger partial charge in [0.1, 0.15) is 0 Å². The van der Waals surface area contributed by atoms with E-state index in [1.54, 1.807) is 13.8 Å². The normalized spacial score (nSPS) is 23.0. The van der Waals surface area contributed by atoms with Crippen molar-refractivity contribution in [2.24, 2.45) is 0 Å². The molecule has 1 N–H and O–H groups in total. The highest BCUT2D eigenvalue weighted by molar-refractivity contribution is 5.90. The Hall–Kier alpha value is -2.42. The van der Waals surface area contributed by atoms with E-state index in [2.05, 4.69) is 0 Å². The van der Waals surface area contributed by atoms with Gasteiger partial charge in [-0.25, -0.2) is 9.59 Å². The molecule has 0 aromatic carbocycles. The van der Waals surface area contributed by atoms with Crippen LogP contribution in [0.5, 0.6) is 0 Å². The van der Waals surface area contributed by atoms with Crippen LogP contribution in [-0.4, -0.2) is 54.1 Å². The van der Waals surface area contributed by atoms with Crippen LogP contribution in [0, 0.1) is 0 Å². The maximum Gasteiger partial charge on any atom is 0.331 e. The lowest BCUT2D eigenvalue weighted by Crippen LogP contribution is -2.56. The zero-order valence-electron chi connectivity index (χ0n) is 14.2. The van der Waals surface area contributed by atoms with Crippen LogP contribution in [0.2, 0.25) is 0 Å². The molecule has 1 saturated heterocycles. The summed E-state index contributed by atoms with van der Waals surface area (Å²) in [6.07, 6.45) is 1.31. The predicted molar refractivity (Wildman–Crippen MR) is 82.2 cm³/mol. The zero-order chi connectivity index (χ0) is 18.9. The molecule has 1 aliphatic rings. The average molecular weight is 358 g/mol. The Morgan fingerprint density at radius 2 is 1.84 bits per heavy atom. The van der Waals surface area contributed by atoms with Crippen LogP contribution in [0.25, 0.3) is 0 Å². The summed E-state index contributed by atoms with van der Waals surface area (Å²) in [5, 5.41) is 8.55. The molecular weight excluding hydrogens is 336 g/mol. The van der Waals surface area contributed by atoms with Gasteiger partial charge in [-0.3, -0.25) is 9.59 Å². The number of carboxylic acid groups (broad SMARTS) is 1. The first-order valence-electron chi connectivity index (χ1n) is 7.96. The Bertz CT molecular complexity index is 540. The minimum atomic E-state index is -1.75. The number of hydrogen-bond acceptors (Lipinski definition) is 8. The first-order chi connectivity index (χ1) is 11.8. The van der Waals surface area contributed by atoms with Crippen molar-refractivity contribution in [3.05, 3.63) is 12.2 Å². The summed E-state index contributed by atoms with van der Waals surface area (Å²) in [6, 6.07) is 0. The number of ether oxygens (including phenoxy) is 4. The van der Waals surface area contributed by atoms with Gasteiger partial charge in [-0.15, -0.1) is 0 Å². The van der Waals surface area contributed by atoms with Crippen molar-refractivity contribution in [3.63, 3.8) is 0 Å². The van der Waals surface area contributed by atoms with Crippen molar-refractivity contribution >= 4 is 23.9 Å². The molecule has 0 bridgehead atoms. The SMILES string of the molecule is CCC(=O)OCC1(OC(=O)CC)OCCCC1OC(=O)C=CC(=O)O. The van der Waals surface area contributed by atoms with E-state index in [-0.39, 0.29) is 19.4 Å². The van der Waals surface area contributed by atoms with Crippen LogP contribution >= 0.6 is 0 Å². The second-order valence-corrected chi connectivity index (χ2v) is 5.24. The van der Waals surface area contributed by atoms with Crippen molar-refractivity contribution in [2.75, 3.05) is 13.2 Å². The number of esters is 3. The number of carbonyl (C=O) groups is 4. The minimum absolute atomic E-state index is 0.0480. The van der Waals surface area contributed by atoms with Gasteiger partial charge in [0.25, 0.3) is 5.79 Å². The van der Waals surface area contributed by atoms with Crippen LogP contribution in [0.1, 0.15) is 39.5 Å². The Balaban J connectivity index is 2.96. The Kier molecular flexibility index (Phi) is 8.06. The molecule has 1 heterocycles. The van der Waals surface area contributed by atoms with Crippen LogP contribution in [0.3, 0.4) is 0 Å². The van der Waals surface area contributed by atoms with Gasteiger partial charge in [0, 0.05) is 25.0 Å². The fraction of sp³-hybridized carbons (Fsp3) is 0.625. The maximum absolute atomic E-state index is 11.8. The third-order valence-corrected chi connectivity index (χ3v) is 3.37. The Labute approximate surface area is 144 Å². The van der Waals surface area contributed by atoms with Crippen molar-refractivity contribution in [3.8, 4) is 0 Å². The van der Waals surface area contributed by atoms with Gasteiger partial charge in [0.05, 0.1) is 6.61 Å². The first kappa shape index (κ1) is 20.6. The van der Waals surface area contributed by atoms with E-state index in [1.807, 2.05) is 0 Å². The summed E-state index contributed by atoms with van der Waals surface area (Å²) in [4.78, 5) is 45.5. The molecule has 0 radical (unpaired) electrons. The largest absolute Gasteiger partial charge is 0.478 e. The summed E-state index contributed by atoms with van der Waals surface area (Å²) in [5.41, 5.74) is 0. The van der Waals surface area contributed by atoms with Gasteiger partial charge in [0.15, 0.2) is 12.7 Å². The summed E-state index contributed by atoms with van der Waals surface area (Å²) in [6.45, 7) is 2.97. The van der Waals surface area contributed by atoms with Crippen molar-refractivity contribution in [1.29, 1.82) is 0 Å². The Morgan fingerprint density at radius 1 is 1.16 bits per heavy atom. The lowest BCUT2D eigenvalue weighted by molar-refractivity contribution is -0.303. The highest BCUT2D eigenvalue weighted by Crippen LogP contribution is 2.31. The molecule has 9 heteroatoms. The standard InChI is InChI=1S/C16H22O9/c1-3-13(19)22-10-16(25-14(20)4-2)11(6-5-9-23-16)24-15(21)8-7-12(17)18/h7-8,11H,3-6,9-10H2,1-2H3,(H,17,18). The number of aliphatic carboxylic acids is 1. The van der Waals surface area contributed by atoms with Gasteiger partial charge in [0.2, 0.25) is 0 Å². The maximum atomic E-state index is 11.8. The fourth-order valence-electron chi connectivity index (χ4n) is 2.10. The smallest absolute Gasteiger partial charge is 0.331 e. The van der Waals surface area contributed by atoms with Crippen molar-refractivity contribution < 1.29 is 43.2 Å². The minimum Gasteiger partial charge on any atom is -0.478 e. The van der Waals surface area contributed by atoms with Gasteiger partial charge >= 0.3 is 23.9 Å². The van der Waals surface area contributed by atoms with Crippen LogP contribution in [0.15, 0.2) is 12.2 Å². The third-order valence-electron chi connectivity index (χ3n) is 3.37. The van der Waals surface area contributed by atoms with Crippen LogP contribution < -0.4 is 0 Å². The van der Waals surface area contributed by atoms with E-state index < -0.39 is 42.4 Å². The average Bonchev–Trinajstić information content (AvgIpc) is 2.59.